The lowest BCUT2D eigenvalue weighted by atomic mass is 10.1. The normalized spacial score (nSPS) is 29.6. The first-order valence-electron chi connectivity index (χ1n) is 6.71. The van der Waals surface area contributed by atoms with Gasteiger partial charge in [0.15, 0.2) is 0 Å². The fraction of sp³-hybridized carbons (Fsp3) is 0.308. The van der Waals surface area contributed by atoms with Crippen molar-refractivity contribution in [3.05, 3.63) is 35.4 Å². The molecule has 4 rings (SSSR count). The van der Waals surface area contributed by atoms with Crippen molar-refractivity contribution in [1.29, 1.82) is 5.26 Å². The molecule has 3 amide bonds. The summed E-state index contributed by atoms with van der Waals surface area (Å²) in [6.45, 7) is 0.369. The van der Waals surface area contributed by atoms with Crippen LogP contribution in [-0.4, -0.2) is 49.8 Å². The molecule has 0 spiro atoms. The minimum atomic E-state index is -0.824. The number of aliphatic hydroxyl groups excluding tert-OH is 1. The molecule has 4 aliphatic rings. The first-order chi connectivity index (χ1) is 10.6. The van der Waals surface area contributed by atoms with Gasteiger partial charge in [0.25, 0.3) is 5.91 Å². The van der Waals surface area contributed by atoms with Crippen LogP contribution in [0.15, 0.2) is 35.4 Å². The first kappa shape index (κ1) is 13.2. The molecule has 112 valence electrons. The number of nitriles is 1. The quantitative estimate of drug-likeness (QED) is 0.518. The molecule has 0 aromatic heterocycles. The van der Waals surface area contributed by atoms with E-state index < -0.39 is 24.1 Å². The van der Waals surface area contributed by atoms with Gasteiger partial charge in [0.05, 0.1) is 29.5 Å². The summed E-state index contributed by atoms with van der Waals surface area (Å²) in [5, 5.41) is 19.0. The number of urea groups is 1. The zero-order valence-corrected chi connectivity index (χ0v) is 12.1. The van der Waals surface area contributed by atoms with Crippen LogP contribution in [0.1, 0.15) is 6.42 Å². The van der Waals surface area contributed by atoms with Crippen LogP contribution in [0.3, 0.4) is 0 Å². The molecule has 0 unspecified atom stereocenters. The van der Waals surface area contributed by atoms with E-state index in [2.05, 4.69) is 10.8 Å². The molecule has 0 aliphatic carbocycles. The van der Waals surface area contributed by atoms with E-state index in [4.69, 9.17) is 5.26 Å². The Morgan fingerprint density at radius 2 is 2.23 bits per heavy atom. The molecular weight excluding hydrogens is 306 g/mol. The number of carbonyl (C=O) groups excluding carboxylic acids is 2. The summed E-state index contributed by atoms with van der Waals surface area (Å²) < 4.78 is 4.53. The maximum absolute atomic E-state index is 12.5. The number of fused-ring (bicyclic) bond motifs is 2. The highest BCUT2D eigenvalue weighted by molar-refractivity contribution is 7.95. The zero-order chi connectivity index (χ0) is 15.4. The summed E-state index contributed by atoms with van der Waals surface area (Å²) in [6, 6.07) is 0.835. The summed E-state index contributed by atoms with van der Waals surface area (Å²) in [7, 11) is 0. The summed E-state index contributed by atoms with van der Waals surface area (Å²) in [6.07, 6.45) is 4.38. The smallest absolute Gasteiger partial charge is 0.333 e. The summed E-state index contributed by atoms with van der Waals surface area (Å²) in [4.78, 5) is 27.5. The second-order valence-electron chi connectivity index (χ2n) is 5.20. The van der Waals surface area contributed by atoms with E-state index in [1.807, 2.05) is 0 Å². The van der Waals surface area contributed by atoms with E-state index >= 15 is 0 Å². The molecule has 2 saturated heterocycles. The Bertz CT molecular complexity index is 722. The van der Waals surface area contributed by atoms with Crippen LogP contribution >= 0.6 is 12.1 Å². The predicted molar refractivity (Wildman–Crippen MR) is 75.8 cm³/mol. The van der Waals surface area contributed by atoms with Crippen LogP contribution in [0.2, 0.25) is 0 Å². The highest BCUT2D eigenvalue weighted by atomic mass is 32.2. The fourth-order valence-electron chi connectivity index (χ4n) is 3.03. The van der Waals surface area contributed by atoms with Gasteiger partial charge in [0, 0.05) is 12.7 Å². The van der Waals surface area contributed by atoms with Crippen molar-refractivity contribution in [3.8, 4) is 6.07 Å². The van der Waals surface area contributed by atoms with E-state index in [-0.39, 0.29) is 0 Å². The van der Waals surface area contributed by atoms with Crippen molar-refractivity contribution in [1.82, 2.24) is 18.8 Å². The number of nitrogens with one attached hydrogen (secondary N) is 1. The molecule has 22 heavy (non-hydrogen) atoms. The van der Waals surface area contributed by atoms with Gasteiger partial charge in [-0.15, -0.1) is 0 Å². The Balaban J connectivity index is 1.74. The fourth-order valence-corrected chi connectivity index (χ4v) is 3.78. The predicted octanol–water partition coefficient (Wildman–Crippen LogP) is -0.00142. The molecule has 0 aromatic rings. The van der Waals surface area contributed by atoms with Crippen molar-refractivity contribution in [3.63, 3.8) is 0 Å². The van der Waals surface area contributed by atoms with Crippen molar-refractivity contribution in [2.75, 3.05) is 6.54 Å². The molecule has 2 atom stereocenters. The van der Waals surface area contributed by atoms with Crippen molar-refractivity contribution in [2.45, 2.75) is 18.6 Å². The topological polar surface area (TPSA) is 99.9 Å². The molecular formula is C13H11N5O3S. The lowest BCUT2D eigenvalue weighted by Crippen LogP contribution is -2.39. The Kier molecular flexibility index (Phi) is 2.72. The molecule has 4 aliphatic heterocycles. The minimum absolute atomic E-state index is 0.369. The average Bonchev–Trinajstić information content (AvgIpc) is 3.18. The van der Waals surface area contributed by atoms with Crippen LogP contribution < -0.4 is 4.72 Å². The van der Waals surface area contributed by atoms with Gasteiger partial charge in [-0.2, -0.15) is 5.26 Å². The van der Waals surface area contributed by atoms with Gasteiger partial charge in [-0.05, 0) is 18.6 Å². The van der Waals surface area contributed by atoms with Gasteiger partial charge in [-0.25, -0.2) is 14.0 Å². The van der Waals surface area contributed by atoms with E-state index in [0.29, 0.717) is 30.1 Å². The number of amides is 3. The second-order valence-corrected chi connectivity index (χ2v) is 5.98. The van der Waals surface area contributed by atoms with Gasteiger partial charge >= 0.3 is 6.03 Å². The second kappa shape index (κ2) is 4.53. The van der Waals surface area contributed by atoms with E-state index in [1.54, 1.807) is 22.7 Å². The maximum atomic E-state index is 12.5. The Morgan fingerprint density at radius 3 is 2.95 bits per heavy atom. The van der Waals surface area contributed by atoms with E-state index in [0.717, 1.165) is 4.90 Å². The highest BCUT2D eigenvalue weighted by Crippen LogP contribution is 2.39. The third kappa shape index (κ3) is 1.56. The molecule has 0 radical (unpaired) electrons. The number of hydrogen-bond donors (Lipinski definition) is 2. The number of carbonyl (C=O) groups is 2. The van der Waals surface area contributed by atoms with Gasteiger partial charge in [0.1, 0.15) is 17.9 Å². The Hall–Kier alpha value is -2.44. The van der Waals surface area contributed by atoms with Crippen LogP contribution in [0.5, 0.6) is 0 Å². The SMILES string of the molecule is N#CC1=CC=C(N2C(=O)[C@H]3[C@H](O)CCN3C2=O)N2SNC=C12. The van der Waals surface area contributed by atoms with Crippen LogP contribution in [0.25, 0.3) is 0 Å². The standard InChI is InChI=1S/C13H11N5O3S/c14-5-7-1-2-10(18-8(7)6-15-22-18)17-12(20)11-9(19)3-4-16(11)13(17)21/h1-2,6,9,11,15,19H,3-4H2/t9-,11-/m1/s1. The number of aliphatic hydroxyl groups is 1. The third-order valence-corrected chi connectivity index (χ3v) is 4.86. The Labute approximate surface area is 130 Å². The summed E-state index contributed by atoms with van der Waals surface area (Å²) in [5.74, 6) is -0.0567. The molecule has 4 heterocycles. The largest absolute Gasteiger partial charge is 0.390 e. The van der Waals surface area contributed by atoms with Gasteiger partial charge in [-0.1, -0.05) is 0 Å². The monoisotopic (exact) mass is 317 g/mol. The zero-order valence-electron chi connectivity index (χ0n) is 11.3. The number of imide groups is 1. The van der Waals surface area contributed by atoms with Crippen LogP contribution in [0.4, 0.5) is 4.79 Å². The van der Waals surface area contributed by atoms with Gasteiger partial charge in [-0.3, -0.25) is 4.79 Å². The molecule has 2 fully saturated rings. The lowest BCUT2D eigenvalue weighted by molar-refractivity contribution is -0.129. The van der Waals surface area contributed by atoms with E-state index in [9.17, 15) is 14.7 Å². The number of hydrogen-bond acceptors (Lipinski definition) is 7. The molecule has 2 N–H and O–H groups in total. The van der Waals surface area contributed by atoms with Crippen LogP contribution in [-0.2, 0) is 4.79 Å². The molecule has 8 nitrogen and oxygen atoms in total. The number of nitrogens with zero attached hydrogens (tertiary/aromatic N) is 4. The lowest BCUT2D eigenvalue weighted by Gasteiger charge is -2.29. The summed E-state index contributed by atoms with van der Waals surface area (Å²) in [5.41, 5.74) is 1.04. The van der Waals surface area contributed by atoms with Gasteiger partial charge in [0.2, 0.25) is 0 Å². The number of allylic oxidation sites excluding steroid dienone is 3. The Morgan fingerprint density at radius 1 is 1.41 bits per heavy atom. The van der Waals surface area contributed by atoms with Crippen LogP contribution in [0, 0.1) is 11.3 Å². The highest BCUT2D eigenvalue weighted by Gasteiger charge is 2.54. The van der Waals surface area contributed by atoms with E-state index in [1.165, 1.54) is 17.0 Å². The number of rotatable bonds is 1. The van der Waals surface area contributed by atoms with Crippen molar-refractivity contribution >= 4 is 24.1 Å². The van der Waals surface area contributed by atoms with Crippen molar-refractivity contribution in [2.24, 2.45) is 0 Å². The molecule has 0 bridgehead atoms. The molecule has 9 heteroatoms. The van der Waals surface area contributed by atoms with Gasteiger partial charge < -0.3 is 14.7 Å². The third-order valence-electron chi connectivity index (χ3n) is 4.07. The molecule has 0 saturated carbocycles. The average molecular weight is 317 g/mol. The molecule has 0 aromatic carbocycles. The summed E-state index contributed by atoms with van der Waals surface area (Å²) >= 11 is 1.18. The first-order valence-corrected chi connectivity index (χ1v) is 7.48. The maximum Gasteiger partial charge on any atom is 0.333 e. The van der Waals surface area contributed by atoms with Crippen molar-refractivity contribution < 1.29 is 14.7 Å². The minimum Gasteiger partial charge on any atom is -0.390 e.